The topological polar surface area (TPSA) is 83.6 Å². The van der Waals surface area contributed by atoms with Crippen molar-refractivity contribution in [1.29, 1.82) is 0 Å². The maximum atomic E-state index is 12.9. The third-order valence-electron chi connectivity index (χ3n) is 7.81. The molecule has 1 aromatic carbocycles. The monoisotopic (exact) mass is 544 g/mol. The highest BCUT2D eigenvalue weighted by Crippen LogP contribution is 2.37. The van der Waals surface area contributed by atoms with Gasteiger partial charge in [0.2, 0.25) is 5.95 Å². The number of aromatic amines is 1. The standard InChI is InChI=1S/C29H36N8OS/c1-4-35(5-2)29(38)37-13-11-24-20(19-37)18-25(39-24)26-23-10-12-30-27(23)33-28(32-26)31-21-6-8-22(9-7-21)36-16-14-34(3)15-17-36/h6-10,12,18H,4-5,11,13-17,19H2,1-3H3,(H2,30,31,32,33). The number of rotatable bonds is 6. The fourth-order valence-electron chi connectivity index (χ4n) is 5.44. The molecule has 3 aromatic heterocycles. The average Bonchev–Trinajstić information content (AvgIpc) is 3.61. The summed E-state index contributed by atoms with van der Waals surface area (Å²) in [5.41, 5.74) is 5.15. The van der Waals surface area contributed by atoms with Gasteiger partial charge in [-0.15, -0.1) is 11.3 Å². The highest BCUT2D eigenvalue weighted by Gasteiger charge is 2.26. The van der Waals surface area contributed by atoms with Crippen LogP contribution in [0, 0.1) is 0 Å². The predicted octanol–water partition coefficient (Wildman–Crippen LogP) is 5.00. The Hall–Kier alpha value is -3.63. The fraction of sp³-hybridized carbons (Fsp3) is 0.414. The molecule has 0 unspecified atom stereocenters. The van der Waals surface area contributed by atoms with Crippen molar-refractivity contribution in [2.45, 2.75) is 26.8 Å². The molecule has 0 radical (unpaired) electrons. The van der Waals surface area contributed by atoms with Gasteiger partial charge in [-0.2, -0.15) is 4.98 Å². The summed E-state index contributed by atoms with van der Waals surface area (Å²) in [5, 5.41) is 4.42. The van der Waals surface area contributed by atoms with Crippen LogP contribution in [0.2, 0.25) is 0 Å². The molecule has 204 valence electrons. The number of urea groups is 1. The number of nitrogens with zero attached hydrogens (tertiary/aromatic N) is 6. The second kappa shape index (κ2) is 10.9. The molecule has 10 heteroatoms. The van der Waals surface area contributed by atoms with Crippen LogP contribution >= 0.6 is 11.3 Å². The first-order valence-corrected chi connectivity index (χ1v) is 14.7. The Kier molecular flexibility index (Phi) is 7.14. The minimum Gasteiger partial charge on any atom is -0.369 e. The Morgan fingerprint density at radius 1 is 1.05 bits per heavy atom. The number of amides is 2. The lowest BCUT2D eigenvalue weighted by Crippen LogP contribution is -2.44. The summed E-state index contributed by atoms with van der Waals surface area (Å²) >= 11 is 1.78. The normalized spacial score (nSPS) is 16.0. The number of carbonyl (C=O) groups excluding carboxylic acids is 1. The van der Waals surface area contributed by atoms with Crippen molar-refractivity contribution in [3.63, 3.8) is 0 Å². The smallest absolute Gasteiger partial charge is 0.320 e. The van der Waals surface area contributed by atoms with E-state index in [1.807, 2.05) is 35.9 Å². The van der Waals surface area contributed by atoms with Gasteiger partial charge >= 0.3 is 6.03 Å². The van der Waals surface area contributed by atoms with E-state index in [1.165, 1.54) is 16.1 Å². The number of hydrogen-bond donors (Lipinski definition) is 2. The molecule has 2 aliphatic heterocycles. The van der Waals surface area contributed by atoms with Crippen LogP contribution in [-0.4, -0.2) is 88.5 Å². The Balaban J connectivity index is 1.23. The van der Waals surface area contributed by atoms with E-state index in [4.69, 9.17) is 9.97 Å². The molecular formula is C29H36N8OS. The summed E-state index contributed by atoms with van der Waals surface area (Å²) in [6, 6.07) is 12.9. The first-order chi connectivity index (χ1) is 19.0. The fourth-order valence-corrected chi connectivity index (χ4v) is 6.61. The molecule has 2 amide bonds. The summed E-state index contributed by atoms with van der Waals surface area (Å²) in [6.45, 7) is 11.2. The van der Waals surface area contributed by atoms with Crippen LogP contribution in [0.25, 0.3) is 21.6 Å². The lowest BCUT2D eigenvalue weighted by Gasteiger charge is -2.34. The van der Waals surface area contributed by atoms with Gasteiger partial charge in [-0.1, -0.05) is 0 Å². The number of benzene rings is 1. The van der Waals surface area contributed by atoms with E-state index in [1.54, 1.807) is 11.3 Å². The maximum Gasteiger partial charge on any atom is 0.320 e. The van der Waals surface area contributed by atoms with Gasteiger partial charge in [0.1, 0.15) is 5.65 Å². The molecule has 0 aliphatic carbocycles. The van der Waals surface area contributed by atoms with Crippen LogP contribution in [0.5, 0.6) is 0 Å². The molecule has 0 spiro atoms. The summed E-state index contributed by atoms with van der Waals surface area (Å²) in [5.74, 6) is 0.567. The molecule has 39 heavy (non-hydrogen) atoms. The van der Waals surface area contributed by atoms with Crippen LogP contribution in [0.15, 0.2) is 42.6 Å². The number of likely N-dealkylation sites (N-methyl/N-ethyl adjacent to an activating group) is 1. The zero-order chi connectivity index (χ0) is 26.9. The zero-order valence-electron chi connectivity index (χ0n) is 22.9. The van der Waals surface area contributed by atoms with Crippen molar-refractivity contribution in [2.75, 3.05) is 63.1 Å². The van der Waals surface area contributed by atoms with Gasteiger partial charge in [0.25, 0.3) is 0 Å². The maximum absolute atomic E-state index is 12.9. The van der Waals surface area contributed by atoms with E-state index in [0.717, 1.165) is 79.5 Å². The van der Waals surface area contributed by atoms with Crippen LogP contribution in [0.3, 0.4) is 0 Å². The second-order valence-corrected chi connectivity index (χ2v) is 11.4. The number of nitrogens with one attached hydrogen (secondary N) is 2. The van der Waals surface area contributed by atoms with Crippen molar-refractivity contribution in [2.24, 2.45) is 0 Å². The predicted molar refractivity (Wildman–Crippen MR) is 159 cm³/mol. The minimum atomic E-state index is 0.124. The lowest BCUT2D eigenvalue weighted by molar-refractivity contribution is 0.152. The zero-order valence-corrected chi connectivity index (χ0v) is 23.7. The molecule has 1 saturated heterocycles. The molecule has 0 atom stereocenters. The molecule has 4 aromatic rings. The molecule has 1 fully saturated rings. The van der Waals surface area contributed by atoms with Crippen molar-refractivity contribution in [1.82, 2.24) is 29.7 Å². The van der Waals surface area contributed by atoms with Crippen molar-refractivity contribution < 1.29 is 4.79 Å². The lowest BCUT2D eigenvalue weighted by atomic mass is 10.1. The quantitative estimate of drug-likeness (QED) is 0.355. The van der Waals surface area contributed by atoms with Gasteiger partial charge in [0, 0.05) is 80.2 Å². The van der Waals surface area contributed by atoms with Crippen LogP contribution in [0.1, 0.15) is 24.3 Å². The number of carbonyl (C=O) groups is 1. The second-order valence-electron chi connectivity index (χ2n) is 10.3. The minimum absolute atomic E-state index is 0.124. The van der Waals surface area contributed by atoms with E-state index < -0.39 is 0 Å². The Morgan fingerprint density at radius 3 is 2.56 bits per heavy atom. The summed E-state index contributed by atoms with van der Waals surface area (Å²) in [6.07, 6.45) is 2.79. The van der Waals surface area contributed by atoms with Crippen molar-refractivity contribution in [3.05, 3.63) is 53.0 Å². The molecule has 6 rings (SSSR count). The molecule has 2 N–H and O–H groups in total. The number of fused-ring (bicyclic) bond motifs is 2. The summed E-state index contributed by atoms with van der Waals surface area (Å²) in [4.78, 5) is 37.0. The van der Waals surface area contributed by atoms with Crippen LogP contribution in [0.4, 0.5) is 22.1 Å². The van der Waals surface area contributed by atoms with E-state index in [9.17, 15) is 4.79 Å². The Bertz CT molecular complexity index is 1450. The van der Waals surface area contributed by atoms with Gasteiger partial charge < -0.3 is 29.9 Å². The van der Waals surface area contributed by atoms with Crippen LogP contribution in [-0.2, 0) is 13.0 Å². The van der Waals surface area contributed by atoms with Crippen molar-refractivity contribution >= 4 is 45.7 Å². The number of thiophene rings is 1. The Labute approximate surface area is 233 Å². The van der Waals surface area contributed by atoms with E-state index in [0.29, 0.717) is 12.5 Å². The average molecular weight is 545 g/mol. The van der Waals surface area contributed by atoms with Gasteiger partial charge in [-0.05, 0) is 69.3 Å². The van der Waals surface area contributed by atoms with E-state index in [2.05, 4.69) is 57.5 Å². The third-order valence-corrected chi connectivity index (χ3v) is 9.06. The van der Waals surface area contributed by atoms with Crippen LogP contribution < -0.4 is 10.2 Å². The van der Waals surface area contributed by atoms with E-state index >= 15 is 0 Å². The molecule has 9 nitrogen and oxygen atoms in total. The van der Waals surface area contributed by atoms with Gasteiger partial charge in [-0.25, -0.2) is 9.78 Å². The van der Waals surface area contributed by atoms with E-state index in [-0.39, 0.29) is 6.03 Å². The van der Waals surface area contributed by atoms with Gasteiger partial charge in [0.15, 0.2) is 0 Å². The highest BCUT2D eigenvalue weighted by atomic mass is 32.1. The molecular weight excluding hydrogens is 508 g/mol. The number of aromatic nitrogens is 3. The number of anilines is 3. The summed E-state index contributed by atoms with van der Waals surface area (Å²) in [7, 11) is 2.17. The highest BCUT2D eigenvalue weighted by molar-refractivity contribution is 7.15. The molecule has 2 aliphatic rings. The molecule has 0 bridgehead atoms. The molecule has 0 saturated carbocycles. The number of hydrogen-bond acceptors (Lipinski definition) is 7. The van der Waals surface area contributed by atoms with Crippen molar-refractivity contribution in [3.8, 4) is 10.6 Å². The number of H-pyrrole nitrogens is 1. The molecule has 5 heterocycles. The third kappa shape index (κ3) is 5.18. The first-order valence-electron chi connectivity index (χ1n) is 13.8. The van der Waals surface area contributed by atoms with Gasteiger partial charge in [0.05, 0.1) is 10.6 Å². The first kappa shape index (κ1) is 25.6. The summed E-state index contributed by atoms with van der Waals surface area (Å²) < 4.78 is 0. The largest absolute Gasteiger partial charge is 0.369 e. The number of piperazine rings is 1. The Morgan fingerprint density at radius 2 is 1.82 bits per heavy atom. The SMILES string of the molecule is CCN(CC)C(=O)N1CCc2sc(-c3nc(Nc4ccc(N5CCN(C)CC5)cc4)nc4[nH]ccc34)cc2C1. The van der Waals surface area contributed by atoms with Gasteiger partial charge in [-0.3, -0.25) is 0 Å².